The Morgan fingerprint density at radius 3 is 2.57 bits per heavy atom. The molecule has 5 nitrogen and oxygen atoms in total. The van der Waals surface area contributed by atoms with Crippen LogP contribution in [0.4, 0.5) is 8.96 Å². The van der Waals surface area contributed by atoms with Crippen molar-refractivity contribution >= 4 is 10.1 Å². The van der Waals surface area contributed by atoms with Gasteiger partial charge in [0.15, 0.2) is 0 Å². The molecule has 1 N–H and O–H groups in total. The van der Waals surface area contributed by atoms with E-state index in [0.29, 0.717) is 10.2 Å². The Bertz CT molecular complexity index is 285. The number of nitrogens with zero attached hydrogens (tertiary/aromatic N) is 2. The predicted molar refractivity (Wildman–Crippen MR) is 45.3 cm³/mol. The first kappa shape index (κ1) is 11.8. The normalized spacial score (nSPS) is 26.6. The van der Waals surface area contributed by atoms with E-state index < -0.39 is 21.9 Å². The number of hydrogen-bond donors (Lipinski definition) is 1. The maximum absolute atomic E-state index is 13.0. The van der Waals surface area contributed by atoms with E-state index in [0.717, 1.165) is 0 Å². The first-order valence-electron chi connectivity index (χ1n) is 4.17. The van der Waals surface area contributed by atoms with Crippen LogP contribution in [0.25, 0.3) is 0 Å². The highest BCUT2D eigenvalue weighted by Crippen LogP contribution is 2.14. The van der Waals surface area contributed by atoms with Crippen molar-refractivity contribution in [2.45, 2.75) is 12.5 Å². The monoisotopic (exact) mass is 230 g/mol. The van der Waals surface area contributed by atoms with Gasteiger partial charge < -0.3 is 0 Å². The van der Waals surface area contributed by atoms with Crippen molar-refractivity contribution in [1.29, 1.82) is 0 Å². The number of piperazine rings is 1. The number of halogens is 2. The minimum Gasteiger partial charge on any atom is -0.286 e. The van der Waals surface area contributed by atoms with Crippen molar-refractivity contribution in [2.75, 3.05) is 25.4 Å². The highest BCUT2D eigenvalue weighted by Gasteiger charge is 2.28. The van der Waals surface area contributed by atoms with E-state index in [-0.39, 0.29) is 26.1 Å². The van der Waals surface area contributed by atoms with Crippen LogP contribution < -0.4 is 0 Å². The van der Waals surface area contributed by atoms with Crippen LogP contribution in [0.5, 0.6) is 0 Å². The second-order valence-electron chi connectivity index (χ2n) is 3.22. The van der Waals surface area contributed by atoms with Crippen LogP contribution in [0.1, 0.15) is 6.42 Å². The second-order valence-corrected chi connectivity index (χ2v) is 4.79. The first-order chi connectivity index (χ1) is 6.38. The van der Waals surface area contributed by atoms with E-state index in [1.165, 1.54) is 0 Å². The first-order valence-corrected chi connectivity index (χ1v) is 5.78. The SMILES string of the molecule is O=S(=O)(O)CCC1CN(F)CCN1F. The molecular weight excluding hydrogens is 218 g/mol. The molecule has 0 aromatic heterocycles. The molecule has 14 heavy (non-hydrogen) atoms. The summed E-state index contributed by atoms with van der Waals surface area (Å²) in [6.45, 7) is -0.294. The zero-order valence-corrected chi connectivity index (χ0v) is 8.25. The molecule has 0 radical (unpaired) electrons. The Balaban J connectivity index is 2.42. The van der Waals surface area contributed by atoms with Crippen LogP contribution in [0.3, 0.4) is 0 Å². The molecule has 1 fully saturated rings. The Labute approximate surface area is 80.9 Å². The molecule has 0 saturated carbocycles. The van der Waals surface area contributed by atoms with E-state index in [1.54, 1.807) is 0 Å². The van der Waals surface area contributed by atoms with Gasteiger partial charge in [-0.05, 0) is 6.42 Å². The molecule has 0 aromatic rings. The third-order valence-corrected chi connectivity index (χ3v) is 2.82. The van der Waals surface area contributed by atoms with Gasteiger partial charge >= 0.3 is 0 Å². The predicted octanol–water partition coefficient (Wildman–Crippen LogP) is 0.0195. The number of rotatable bonds is 3. The summed E-state index contributed by atoms with van der Waals surface area (Å²) >= 11 is 0. The van der Waals surface area contributed by atoms with Crippen LogP contribution in [0, 0.1) is 0 Å². The van der Waals surface area contributed by atoms with Gasteiger partial charge in [0.1, 0.15) is 0 Å². The van der Waals surface area contributed by atoms with Crippen molar-refractivity contribution in [2.24, 2.45) is 0 Å². The molecular formula is C6H12F2N2O3S. The highest BCUT2D eigenvalue weighted by molar-refractivity contribution is 7.85. The summed E-state index contributed by atoms with van der Waals surface area (Å²) in [5.74, 6) is -0.550. The van der Waals surface area contributed by atoms with Crippen LogP contribution in [0.2, 0.25) is 0 Å². The van der Waals surface area contributed by atoms with Crippen LogP contribution in [-0.2, 0) is 10.1 Å². The van der Waals surface area contributed by atoms with Crippen molar-refractivity contribution < 1.29 is 21.9 Å². The van der Waals surface area contributed by atoms with Gasteiger partial charge in [-0.15, -0.1) is 19.2 Å². The zero-order chi connectivity index (χ0) is 10.8. The molecule has 0 amide bonds. The van der Waals surface area contributed by atoms with E-state index in [1.807, 2.05) is 0 Å². The summed E-state index contributed by atoms with van der Waals surface area (Å²) in [4.78, 5) is 0. The summed E-state index contributed by atoms with van der Waals surface area (Å²) in [6.07, 6.45) is -0.115. The highest BCUT2D eigenvalue weighted by atomic mass is 32.2. The molecule has 0 bridgehead atoms. The smallest absolute Gasteiger partial charge is 0.264 e. The topological polar surface area (TPSA) is 60.9 Å². The van der Waals surface area contributed by atoms with Gasteiger partial charge in [0.25, 0.3) is 10.1 Å². The van der Waals surface area contributed by atoms with Gasteiger partial charge in [-0.2, -0.15) is 8.42 Å². The van der Waals surface area contributed by atoms with Gasteiger partial charge in [-0.3, -0.25) is 4.55 Å². The molecule has 1 saturated heterocycles. The molecule has 84 valence electrons. The maximum Gasteiger partial charge on any atom is 0.264 e. The van der Waals surface area contributed by atoms with Crippen molar-refractivity contribution in [3.63, 3.8) is 0 Å². The van der Waals surface area contributed by atoms with E-state index in [4.69, 9.17) is 4.55 Å². The van der Waals surface area contributed by atoms with Gasteiger partial charge in [0.05, 0.1) is 11.8 Å². The fraction of sp³-hybridized carbons (Fsp3) is 1.00. The molecule has 8 heteroatoms. The quantitative estimate of drug-likeness (QED) is 0.547. The minimum absolute atomic E-state index is 0.0289. The van der Waals surface area contributed by atoms with Gasteiger partial charge in [-0.1, -0.05) is 0 Å². The van der Waals surface area contributed by atoms with Crippen molar-refractivity contribution in [3.05, 3.63) is 0 Å². The average Bonchev–Trinajstić information content (AvgIpc) is 2.05. The molecule has 1 rings (SSSR count). The second kappa shape index (κ2) is 4.47. The van der Waals surface area contributed by atoms with Gasteiger partial charge in [0, 0.05) is 19.6 Å². The van der Waals surface area contributed by atoms with E-state index >= 15 is 0 Å². The van der Waals surface area contributed by atoms with Crippen molar-refractivity contribution in [1.82, 2.24) is 10.2 Å². The van der Waals surface area contributed by atoms with Crippen LogP contribution in [-0.4, -0.2) is 54.6 Å². The van der Waals surface area contributed by atoms with Gasteiger partial charge in [-0.25, -0.2) is 0 Å². The van der Waals surface area contributed by atoms with Crippen molar-refractivity contribution in [3.8, 4) is 0 Å². The standard InChI is InChI=1S/C6H12F2N2O3S/c7-9-2-3-10(8)6(5-9)1-4-14(11,12)13/h6H,1-5H2,(H,11,12,13). The molecule has 0 aliphatic carbocycles. The Hall–Kier alpha value is -0.310. The largest absolute Gasteiger partial charge is 0.286 e. The van der Waals surface area contributed by atoms with Crippen LogP contribution in [0.15, 0.2) is 0 Å². The molecule has 1 aliphatic heterocycles. The zero-order valence-electron chi connectivity index (χ0n) is 7.44. The lowest BCUT2D eigenvalue weighted by Crippen LogP contribution is -2.47. The molecule has 0 aromatic carbocycles. The van der Waals surface area contributed by atoms with E-state index in [9.17, 15) is 17.4 Å². The minimum atomic E-state index is -4.10. The summed E-state index contributed by atoms with van der Waals surface area (Å²) in [5.41, 5.74) is 0. The summed E-state index contributed by atoms with van der Waals surface area (Å²) in [6, 6.07) is -0.810. The lowest BCUT2D eigenvalue weighted by Gasteiger charge is -2.31. The fourth-order valence-electron chi connectivity index (χ4n) is 1.31. The molecule has 0 spiro atoms. The lowest BCUT2D eigenvalue weighted by atomic mass is 10.2. The summed E-state index contributed by atoms with van der Waals surface area (Å²) < 4.78 is 54.8. The average molecular weight is 230 g/mol. The summed E-state index contributed by atoms with van der Waals surface area (Å²) in [5, 5.41) is 0.839. The fourth-order valence-corrected chi connectivity index (χ4v) is 1.88. The Kier molecular flexibility index (Phi) is 3.76. The van der Waals surface area contributed by atoms with E-state index in [2.05, 4.69) is 0 Å². The lowest BCUT2D eigenvalue weighted by molar-refractivity contribution is -0.122. The van der Waals surface area contributed by atoms with Gasteiger partial charge in [0.2, 0.25) is 0 Å². The molecule has 1 aliphatic rings. The molecule has 1 heterocycles. The summed E-state index contributed by atoms with van der Waals surface area (Å²) in [7, 11) is -4.10. The Morgan fingerprint density at radius 2 is 2.00 bits per heavy atom. The third kappa shape index (κ3) is 3.82. The maximum atomic E-state index is 13.0. The molecule has 1 atom stereocenters. The molecule has 1 unspecified atom stereocenters. The Morgan fingerprint density at radius 1 is 1.36 bits per heavy atom. The number of hydrogen-bond acceptors (Lipinski definition) is 4. The van der Waals surface area contributed by atoms with Crippen LogP contribution >= 0.6 is 0 Å². The third-order valence-electron chi connectivity index (χ3n) is 2.07.